The summed E-state index contributed by atoms with van der Waals surface area (Å²) < 4.78 is 29.4. The number of carbonyl (C=O) groups excluding carboxylic acids is 1. The summed E-state index contributed by atoms with van der Waals surface area (Å²) in [5.74, 6) is -0.621. The van der Waals surface area contributed by atoms with E-state index >= 15 is 0 Å². The molecule has 1 aromatic carbocycles. The second kappa shape index (κ2) is 8.15. The van der Waals surface area contributed by atoms with Gasteiger partial charge in [0.1, 0.15) is 9.90 Å². The Bertz CT molecular complexity index is 1210. The molecule has 0 atom stereocenters. The van der Waals surface area contributed by atoms with Crippen molar-refractivity contribution in [1.29, 1.82) is 0 Å². The summed E-state index contributed by atoms with van der Waals surface area (Å²) in [5, 5.41) is 2.55. The molecule has 154 valence electrons. The van der Waals surface area contributed by atoms with Crippen molar-refractivity contribution in [3.63, 3.8) is 0 Å². The summed E-state index contributed by atoms with van der Waals surface area (Å²) in [5.41, 5.74) is 0.895. The largest absolute Gasteiger partial charge is 0.319 e. The summed E-state index contributed by atoms with van der Waals surface area (Å²) in [6, 6.07) is 11.9. The molecule has 2 aromatic heterocycles. The smallest absolute Gasteiger partial charge is 0.295 e. The zero-order chi connectivity index (χ0) is 21.3. The summed E-state index contributed by atoms with van der Waals surface area (Å²) in [6.45, 7) is 1.25. The second-order valence-corrected chi connectivity index (χ2v) is 10.3. The minimum atomic E-state index is -3.85. The average molecular weight is 455 g/mol. The lowest BCUT2D eigenvalue weighted by molar-refractivity contribution is -0.116. The molecule has 11 heteroatoms. The van der Waals surface area contributed by atoms with Gasteiger partial charge in [-0.25, -0.2) is 13.1 Å². The lowest BCUT2D eigenvalue weighted by Gasteiger charge is -2.15. The fraction of sp³-hybridized carbons (Fsp3) is 0.222. The molecule has 3 aromatic rings. The molecule has 1 N–H and O–H groups in total. The van der Waals surface area contributed by atoms with Crippen LogP contribution in [0.2, 0.25) is 4.34 Å². The lowest BCUT2D eigenvalue weighted by Crippen LogP contribution is -2.35. The first kappa shape index (κ1) is 21.3. The molecule has 0 saturated heterocycles. The van der Waals surface area contributed by atoms with E-state index in [1.165, 1.54) is 23.9 Å². The third kappa shape index (κ3) is 4.15. The number of hydrogen-bond acceptors (Lipinski definition) is 5. The minimum Gasteiger partial charge on any atom is -0.319 e. The van der Waals surface area contributed by atoms with Crippen molar-refractivity contribution in [1.82, 2.24) is 13.7 Å². The molecule has 29 heavy (non-hydrogen) atoms. The van der Waals surface area contributed by atoms with Gasteiger partial charge in [0.05, 0.1) is 22.3 Å². The topological polar surface area (TPSA) is 93.4 Å². The number of nitrogens with one attached hydrogen (secondary N) is 1. The molecule has 0 radical (unpaired) electrons. The van der Waals surface area contributed by atoms with Crippen molar-refractivity contribution in [3.8, 4) is 5.69 Å². The molecule has 2 heterocycles. The number of aromatic nitrogens is 2. The number of para-hydroxylation sites is 1. The van der Waals surface area contributed by atoms with Crippen LogP contribution in [0.3, 0.4) is 0 Å². The Balaban J connectivity index is 1.82. The van der Waals surface area contributed by atoms with Crippen molar-refractivity contribution in [3.05, 3.63) is 62.8 Å². The molecule has 0 aliphatic heterocycles. The van der Waals surface area contributed by atoms with E-state index in [1.54, 1.807) is 42.9 Å². The molecule has 0 fully saturated rings. The van der Waals surface area contributed by atoms with Gasteiger partial charge in [0.15, 0.2) is 0 Å². The summed E-state index contributed by atoms with van der Waals surface area (Å²) >= 11 is 6.71. The highest BCUT2D eigenvalue weighted by atomic mass is 35.5. The van der Waals surface area contributed by atoms with Crippen LogP contribution in [0.1, 0.15) is 5.69 Å². The average Bonchev–Trinajstić information content (AvgIpc) is 3.20. The Hall–Kier alpha value is -2.40. The van der Waals surface area contributed by atoms with E-state index in [1.807, 2.05) is 6.07 Å². The number of carbonyl (C=O) groups is 1. The number of nitrogens with zero attached hydrogens (tertiary/aromatic N) is 3. The minimum absolute atomic E-state index is 0.0418. The Kier molecular flexibility index (Phi) is 5.99. The maximum atomic E-state index is 12.8. The van der Waals surface area contributed by atoms with E-state index in [-0.39, 0.29) is 9.90 Å². The van der Waals surface area contributed by atoms with E-state index in [9.17, 15) is 18.0 Å². The predicted octanol–water partition coefficient (Wildman–Crippen LogP) is 2.46. The monoisotopic (exact) mass is 454 g/mol. The molecule has 1 amide bonds. The predicted molar refractivity (Wildman–Crippen MR) is 114 cm³/mol. The van der Waals surface area contributed by atoms with Gasteiger partial charge in [-0.2, -0.15) is 4.31 Å². The zero-order valence-electron chi connectivity index (χ0n) is 15.9. The normalized spacial score (nSPS) is 11.8. The first-order valence-electron chi connectivity index (χ1n) is 8.48. The highest BCUT2D eigenvalue weighted by Gasteiger charge is 2.26. The van der Waals surface area contributed by atoms with Gasteiger partial charge in [-0.3, -0.25) is 14.3 Å². The van der Waals surface area contributed by atoms with Crippen molar-refractivity contribution in [2.24, 2.45) is 7.05 Å². The van der Waals surface area contributed by atoms with Crippen LogP contribution in [0, 0.1) is 6.92 Å². The highest BCUT2D eigenvalue weighted by molar-refractivity contribution is 7.91. The van der Waals surface area contributed by atoms with Gasteiger partial charge in [0.25, 0.3) is 15.6 Å². The molecular formula is C18H19ClN4O4S2. The number of likely N-dealkylation sites (N-methyl/N-ethyl adjacent to an activating group) is 1. The fourth-order valence-electron chi connectivity index (χ4n) is 2.77. The quantitative estimate of drug-likeness (QED) is 0.619. The van der Waals surface area contributed by atoms with Crippen LogP contribution in [0.15, 0.2) is 51.5 Å². The van der Waals surface area contributed by atoms with E-state index in [0.29, 0.717) is 15.7 Å². The lowest BCUT2D eigenvalue weighted by atomic mass is 10.3. The fourth-order valence-corrected chi connectivity index (χ4v) is 5.59. The molecule has 0 saturated carbocycles. The molecule has 8 nitrogen and oxygen atoms in total. The Morgan fingerprint density at radius 3 is 2.45 bits per heavy atom. The Morgan fingerprint density at radius 1 is 1.21 bits per heavy atom. The third-order valence-electron chi connectivity index (χ3n) is 4.40. The van der Waals surface area contributed by atoms with Crippen molar-refractivity contribution >= 4 is 44.6 Å². The maximum absolute atomic E-state index is 12.8. The van der Waals surface area contributed by atoms with Gasteiger partial charge in [0.2, 0.25) is 5.91 Å². The summed E-state index contributed by atoms with van der Waals surface area (Å²) in [6.07, 6.45) is 0. The Labute approximate surface area is 177 Å². The van der Waals surface area contributed by atoms with Crippen LogP contribution in [-0.4, -0.2) is 41.6 Å². The van der Waals surface area contributed by atoms with Crippen molar-refractivity contribution in [2.45, 2.75) is 11.1 Å². The van der Waals surface area contributed by atoms with Gasteiger partial charge in [-0.05, 0) is 31.2 Å². The van der Waals surface area contributed by atoms with Gasteiger partial charge >= 0.3 is 0 Å². The number of sulfonamides is 1. The molecule has 0 aliphatic carbocycles. The molecular weight excluding hydrogens is 436 g/mol. The van der Waals surface area contributed by atoms with E-state index in [2.05, 4.69) is 5.32 Å². The van der Waals surface area contributed by atoms with Crippen LogP contribution in [0.5, 0.6) is 0 Å². The number of hydrogen-bond donors (Lipinski definition) is 1. The Morgan fingerprint density at radius 2 is 1.86 bits per heavy atom. The van der Waals surface area contributed by atoms with Gasteiger partial charge in [0, 0.05) is 14.1 Å². The van der Waals surface area contributed by atoms with Gasteiger partial charge in [-0.1, -0.05) is 29.8 Å². The molecule has 3 rings (SSSR count). The van der Waals surface area contributed by atoms with E-state index in [4.69, 9.17) is 11.6 Å². The molecule has 0 spiro atoms. The van der Waals surface area contributed by atoms with Crippen LogP contribution in [-0.2, 0) is 21.9 Å². The van der Waals surface area contributed by atoms with Gasteiger partial charge in [-0.15, -0.1) is 11.3 Å². The first-order chi connectivity index (χ1) is 13.6. The number of amides is 1. The SMILES string of the molecule is Cc1c(NC(=O)CN(C)S(=O)(=O)c2ccc(Cl)s2)c(=O)n(-c2ccccc2)n1C. The standard InChI is InChI=1S/C18H19ClN4O4S2/c1-12-17(18(25)23(22(12)3)13-7-5-4-6-8-13)20-15(24)11-21(2)29(26,27)16-10-9-14(19)28-16/h4-10H,11H2,1-3H3,(H,20,24). The molecule has 0 bridgehead atoms. The zero-order valence-corrected chi connectivity index (χ0v) is 18.3. The summed E-state index contributed by atoms with van der Waals surface area (Å²) in [7, 11) is -0.854. The van der Waals surface area contributed by atoms with Crippen LogP contribution in [0.4, 0.5) is 5.69 Å². The van der Waals surface area contributed by atoms with Crippen LogP contribution in [0.25, 0.3) is 5.69 Å². The second-order valence-electron chi connectivity index (χ2n) is 6.30. The summed E-state index contributed by atoms with van der Waals surface area (Å²) in [4.78, 5) is 25.3. The van der Waals surface area contributed by atoms with Crippen molar-refractivity contribution < 1.29 is 13.2 Å². The number of benzene rings is 1. The van der Waals surface area contributed by atoms with Crippen LogP contribution < -0.4 is 10.9 Å². The first-order valence-corrected chi connectivity index (χ1v) is 11.1. The molecule has 0 aliphatic rings. The van der Waals surface area contributed by atoms with Crippen LogP contribution >= 0.6 is 22.9 Å². The number of thiophene rings is 1. The van der Waals surface area contributed by atoms with Crippen molar-refractivity contribution in [2.75, 3.05) is 18.9 Å². The number of anilines is 1. The maximum Gasteiger partial charge on any atom is 0.295 e. The number of rotatable bonds is 6. The molecule has 0 unspecified atom stereocenters. The van der Waals surface area contributed by atoms with Gasteiger partial charge < -0.3 is 5.32 Å². The number of halogens is 1. The third-order valence-corrected chi connectivity index (χ3v) is 7.90. The highest BCUT2D eigenvalue weighted by Crippen LogP contribution is 2.27. The van der Waals surface area contributed by atoms with E-state index in [0.717, 1.165) is 15.6 Å². The van der Waals surface area contributed by atoms with E-state index < -0.39 is 28.0 Å².